The molecule has 8 atom stereocenters. The SMILES string of the molecule is CC[C@H](C)[C@H](NC(=O)[C@H](CC(N)=O)NC(=O)[C@@H](N)CS)C(=O)N[C@@H](CCC(=O)O)C(=O)N[C@@H](CO)C(=O)N[C@@H](Cc1c[nH]c2ccccc12)C(=O)N[C@H](C(=O)O)C(C)C. The summed E-state index contributed by atoms with van der Waals surface area (Å²) in [4.78, 5) is 118. The smallest absolute Gasteiger partial charge is 0.326 e. The van der Waals surface area contributed by atoms with Gasteiger partial charge in [0.15, 0.2) is 0 Å². The molecule has 7 amide bonds. The summed E-state index contributed by atoms with van der Waals surface area (Å²) in [7, 11) is 0. The molecule has 0 radical (unpaired) electrons. The van der Waals surface area contributed by atoms with E-state index < -0.39 is 133 Å². The number of amides is 7. The highest BCUT2D eigenvalue weighted by Gasteiger charge is 2.36. The number of benzene rings is 1. The van der Waals surface area contributed by atoms with Gasteiger partial charge < -0.3 is 63.7 Å². The Morgan fingerprint density at radius 1 is 0.746 bits per heavy atom. The molecule has 2 aromatic rings. The number of carboxylic acids is 2. The second kappa shape index (κ2) is 23.6. The van der Waals surface area contributed by atoms with E-state index in [0.717, 1.165) is 5.52 Å². The van der Waals surface area contributed by atoms with Gasteiger partial charge in [0, 0.05) is 35.7 Å². The highest BCUT2D eigenvalue weighted by atomic mass is 32.1. The van der Waals surface area contributed by atoms with Crippen molar-refractivity contribution < 1.29 is 58.5 Å². The Kier molecular flexibility index (Phi) is 19.8. The molecule has 0 spiro atoms. The third-order valence-electron chi connectivity index (χ3n) is 9.42. The van der Waals surface area contributed by atoms with E-state index in [2.05, 4.69) is 49.5 Å². The minimum atomic E-state index is -1.77. The molecule has 0 saturated carbocycles. The molecule has 0 aliphatic carbocycles. The zero-order valence-corrected chi connectivity index (χ0v) is 34.0. The molecule has 326 valence electrons. The van der Waals surface area contributed by atoms with Gasteiger partial charge in [-0.1, -0.05) is 52.3 Å². The fraction of sp³-hybridized carbons (Fsp3) is 0.541. The van der Waals surface area contributed by atoms with Gasteiger partial charge in [-0.2, -0.15) is 12.6 Å². The number of aliphatic hydroxyl groups is 1. The number of H-pyrrole nitrogens is 1. The summed E-state index contributed by atoms with van der Waals surface area (Å²) in [6.45, 7) is 5.37. The highest BCUT2D eigenvalue weighted by Crippen LogP contribution is 2.20. The number of fused-ring (bicyclic) bond motifs is 1. The Morgan fingerprint density at radius 2 is 1.29 bits per heavy atom. The van der Waals surface area contributed by atoms with E-state index in [0.29, 0.717) is 10.9 Å². The molecule has 1 heterocycles. The summed E-state index contributed by atoms with van der Waals surface area (Å²) in [5.74, 6) is -10.8. The Labute approximate surface area is 345 Å². The minimum absolute atomic E-state index is 0.0975. The number of aromatic amines is 1. The summed E-state index contributed by atoms with van der Waals surface area (Å²) >= 11 is 3.94. The molecular formula is C37H55N9O12S. The number of nitrogens with one attached hydrogen (secondary N) is 7. The van der Waals surface area contributed by atoms with Crippen LogP contribution in [-0.2, 0) is 49.6 Å². The Bertz CT molecular complexity index is 1840. The van der Waals surface area contributed by atoms with Crippen molar-refractivity contribution in [3.05, 3.63) is 36.0 Å². The zero-order chi connectivity index (χ0) is 44.6. The van der Waals surface area contributed by atoms with Gasteiger partial charge in [-0.3, -0.25) is 38.4 Å². The van der Waals surface area contributed by atoms with Gasteiger partial charge in [-0.15, -0.1) is 0 Å². The largest absolute Gasteiger partial charge is 0.481 e. The van der Waals surface area contributed by atoms with Gasteiger partial charge in [0.25, 0.3) is 0 Å². The first-order chi connectivity index (χ1) is 27.7. The van der Waals surface area contributed by atoms with E-state index in [1.54, 1.807) is 58.2 Å². The summed E-state index contributed by atoms with van der Waals surface area (Å²) in [6, 6.07) is -3.21. The molecule has 14 N–H and O–H groups in total. The van der Waals surface area contributed by atoms with E-state index in [1.165, 1.54) is 0 Å². The lowest BCUT2D eigenvalue weighted by molar-refractivity contribution is -0.143. The number of thiol groups is 1. The number of para-hydroxylation sites is 1. The maximum Gasteiger partial charge on any atom is 0.326 e. The molecule has 21 nitrogen and oxygen atoms in total. The van der Waals surface area contributed by atoms with Crippen LogP contribution in [0.3, 0.4) is 0 Å². The molecular weight excluding hydrogens is 795 g/mol. The molecule has 22 heteroatoms. The average Bonchev–Trinajstić information content (AvgIpc) is 3.59. The van der Waals surface area contributed by atoms with Crippen LogP contribution in [0.5, 0.6) is 0 Å². The van der Waals surface area contributed by atoms with E-state index >= 15 is 0 Å². The van der Waals surface area contributed by atoms with Crippen LogP contribution in [0.4, 0.5) is 0 Å². The molecule has 0 aliphatic rings. The molecule has 1 aromatic heterocycles. The highest BCUT2D eigenvalue weighted by molar-refractivity contribution is 7.80. The number of nitrogens with two attached hydrogens (primary N) is 2. The van der Waals surface area contributed by atoms with Crippen molar-refractivity contribution in [2.45, 2.75) is 102 Å². The lowest BCUT2D eigenvalue weighted by Gasteiger charge is -2.29. The van der Waals surface area contributed by atoms with Crippen LogP contribution in [0.25, 0.3) is 10.9 Å². The second-order valence-electron chi connectivity index (χ2n) is 14.3. The number of aliphatic carboxylic acids is 2. The number of hydrogen-bond acceptors (Lipinski definition) is 12. The summed E-state index contributed by atoms with van der Waals surface area (Å²) in [6.07, 6.45) is -0.0940. The predicted octanol–water partition coefficient (Wildman–Crippen LogP) is -2.60. The second-order valence-corrected chi connectivity index (χ2v) is 14.7. The fourth-order valence-electron chi connectivity index (χ4n) is 5.76. The zero-order valence-electron chi connectivity index (χ0n) is 33.2. The molecule has 0 saturated heterocycles. The quantitative estimate of drug-likeness (QED) is 0.0457. The molecule has 2 rings (SSSR count). The molecule has 59 heavy (non-hydrogen) atoms. The topological polar surface area (TPSA) is 354 Å². The average molecular weight is 850 g/mol. The van der Waals surface area contributed by atoms with E-state index in [1.807, 2.05) is 0 Å². The first kappa shape index (κ1) is 49.4. The number of carbonyl (C=O) groups is 9. The van der Waals surface area contributed by atoms with Crippen molar-refractivity contribution in [2.24, 2.45) is 23.3 Å². The number of rotatable bonds is 25. The van der Waals surface area contributed by atoms with Gasteiger partial charge in [-0.05, 0) is 29.9 Å². The van der Waals surface area contributed by atoms with Gasteiger partial charge in [-0.25, -0.2) is 4.79 Å². The standard InChI is InChI=1S/C37H55N9O12S/c1-5-18(4)30(46-34(54)25(13-27(39)48)42-31(51)21(38)16-59)36(56)41-23(10-11-28(49)50)32(52)44-26(15-47)35(55)43-24(33(53)45-29(17(2)3)37(57)58)12-19-14-40-22-9-7-6-8-20(19)22/h6-9,14,17-18,21,23-26,29-30,40,47,59H,5,10-13,15-16,38H2,1-4H3,(H2,39,48)(H,41,56)(H,42,51)(H,43,55)(H,44,52)(H,45,53)(H,46,54)(H,49,50)(H,57,58)/t18-,21-,23-,24-,25-,26-,29-,30-/m0/s1. The van der Waals surface area contributed by atoms with Crippen molar-refractivity contribution in [1.82, 2.24) is 36.9 Å². The van der Waals surface area contributed by atoms with E-state index in [9.17, 15) is 58.5 Å². The summed E-state index contributed by atoms with van der Waals surface area (Å²) in [5, 5.41) is 44.3. The minimum Gasteiger partial charge on any atom is -0.481 e. The van der Waals surface area contributed by atoms with Crippen molar-refractivity contribution in [3.8, 4) is 0 Å². The maximum absolute atomic E-state index is 13.7. The van der Waals surface area contributed by atoms with Crippen LogP contribution >= 0.6 is 12.6 Å². The van der Waals surface area contributed by atoms with Crippen molar-refractivity contribution in [2.75, 3.05) is 12.4 Å². The van der Waals surface area contributed by atoms with Crippen LogP contribution in [0.1, 0.15) is 58.9 Å². The third kappa shape index (κ3) is 15.2. The molecule has 1 aromatic carbocycles. The first-order valence-corrected chi connectivity index (χ1v) is 19.4. The number of primary amides is 1. The Hall–Kier alpha value is -5.74. The Balaban J connectivity index is 2.37. The van der Waals surface area contributed by atoms with E-state index in [4.69, 9.17) is 11.5 Å². The number of aromatic nitrogens is 1. The molecule has 0 fully saturated rings. The normalized spacial score (nSPS) is 15.3. The first-order valence-electron chi connectivity index (χ1n) is 18.8. The monoisotopic (exact) mass is 849 g/mol. The number of carbonyl (C=O) groups excluding carboxylic acids is 7. The number of carboxylic acid groups (broad SMARTS) is 2. The molecule has 0 aliphatic heterocycles. The van der Waals surface area contributed by atoms with Gasteiger partial charge in [0.1, 0.15) is 36.3 Å². The number of hydrogen-bond donors (Lipinski definition) is 13. The van der Waals surface area contributed by atoms with Crippen LogP contribution in [0.15, 0.2) is 30.5 Å². The van der Waals surface area contributed by atoms with Gasteiger partial charge in [0.05, 0.1) is 19.1 Å². The maximum atomic E-state index is 13.7. The number of aliphatic hydroxyl groups excluding tert-OH is 1. The van der Waals surface area contributed by atoms with Gasteiger partial charge >= 0.3 is 11.9 Å². The van der Waals surface area contributed by atoms with Crippen molar-refractivity contribution in [3.63, 3.8) is 0 Å². The lowest BCUT2D eigenvalue weighted by atomic mass is 9.96. The summed E-state index contributed by atoms with van der Waals surface area (Å²) < 4.78 is 0. The molecule has 0 bridgehead atoms. The Morgan fingerprint density at radius 3 is 1.85 bits per heavy atom. The van der Waals surface area contributed by atoms with Gasteiger partial charge in [0.2, 0.25) is 41.4 Å². The molecule has 0 unspecified atom stereocenters. The van der Waals surface area contributed by atoms with Crippen molar-refractivity contribution >= 4 is 76.8 Å². The van der Waals surface area contributed by atoms with Crippen LogP contribution in [-0.4, -0.2) is 128 Å². The van der Waals surface area contributed by atoms with Crippen LogP contribution < -0.4 is 43.4 Å². The summed E-state index contributed by atoms with van der Waals surface area (Å²) in [5.41, 5.74) is 12.2. The van der Waals surface area contributed by atoms with Crippen LogP contribution in [0.2, 0.25) is 0 Å². The van der Waals surface area contributed by atoms with Crippen molar-refractivity contribution in [1.29, 1.82) is 0 Å². The fourth-order valence-corrected chi connectivity index (χ4v) is 5.93. The van der Waals surface area contributed by atoms with E-state index in [-0.39, 0.29) is 18.6 Å². The predicted molar refractivity (Wildman–Crippen MR) is 215 cm³/mol. The lowest BCUT2D eigenvalue weighted by Crippen LogP contribution is -2.61. The third-order valence-corrected chi connectivity index (χ3v) is 9.82. The van der Waals surface area contributed by atoms with Crippen LogP contribution in [0, 0.1) is 11.8 Å².